The van der Waals surface area contributed by atoms with E-state index in [1.165, 1.54) is 12.8 Å². The molecule has 9 heteroatoms. The highest BCUT2D eigenvalue weighted by Gasteiger charge is 2.27. The second-order valence-electron chi connectivity index (χ2n) is 6.52. The van der Waals surface area contributed by atoms with Crippen LogP contribution in [0.2, 0.25) is 20.1 Å². The normalized spacial score (nSPS) is 13.3. The molecule has 0 amide bonds. The van der Waals surface area contributed by atoms with Crippen LogP contribution in [-0.2, 0) is 0 Å². The van der Waals surface area contributed by atoms with Crippen molar-refractivity contribution in [3.05, 3.63) is 38.0 Å². The van der Waals surface area contributed by atoms with Crippen molar-refractivity contribution in [2.24, 2.45) is 5.92 Å². The van der Waals surface area contributed by atoms with Crippen LogP contribution in [0, 0.1) is 12.8 Å². The Balaban J connectivity index is 0.00000261. The van der Waals surface area contributed by atoms with Crippen LogP contribution in [0.3, 0.4) is 0 Å². The first-order valence-electron chi connectivity index (χ1n) is 8.59. The molecule has 0 saturated heterocycles. The first-order chi connectivity index (χ1) is 12.4. The maximum Gasteiger partial charge on any atom is 0.155 e. The number of nitrogens with zero attached hydrogens (tertiary/aromatic N) is 3. The molecule has 0 unspecified atom stereocenters. The molecule has 2 aromatic rings. The van der Waals surface area contributed by atoms with Crippen molar-refractivity contribution in [3.8, 4) is 0 Å². The van der Waals surface area contributed by atoms with Crippen LogP contribution in [0.5, 0.6) is 0 Å². The van der Waals surface area contributed by atoms with Gasteiger partial charge in [0.05, 0.1) is 15.7 Å². The number of aryl methyl sites for hydroxylation is 1. The van der Waals surface area contributed by atoms with Crippen LogP contribution < -0.4 is 22.6 Å². The fourth-order valence-electron chi connectivity index (χ4n) is 2.78. The van der Waals surface area contributed by atoms with Gasteiger partial charge in [-0.15, -0.1) is 0 Å². The van der Waals surface area contributed by atoms with E-state index in [2.05, 4.69) is 27.1 Å². The molecule has 0 atom stereocenters. The molecule has 0 aliphatic heterocycles. The monoisotopic (exact) mass is 467 g/mol. The van der Waals surface area contributed by atoms with E-state index < -0.39 is 0 Å². The van der Waals surface area contributed by atoms with Crippen molar-refractivity contribution in [2.75, 3.05) is 23.3 Å². The van der Waals surface area contributed by atoms with Crippen molar-refractivity contribution >= 4 is 63.7 Å². The third-order valence-electron chi connectivity index (χ3n) is 4.16. The van der Waals surface area contributed by atoms with Gasteiger partial charge < -0.3 is 22.6 Å². The zero-order valence-electron chi connectivity index (χ0n) is 15.0. The summed E-state index contributed by atoms with van der Waals surface area (Å²) in [7, 11) is 0. The molecular weight excluding hydrogens is 449 g/mol. The Morgan fingerprint density at radius 2 is 1.74 bits per heavy atom. The summed E-state index contributed by atoms with van der Waals surface area (Å²) in [4.78, 5) is 11.3. The minimum Gasteiger partial charge on any atom is -1.00 e. The van der Waals surface area contributed by atoms with Crippen LogP contribution in [0.15, 0.2) is 12.1 Å². The third kappa shape index (κ3) is 5.68. The summed E-state index contributed by atoms with van der Waals surface area (Å²) < 4.78 is 0. The van der Waals surface area contributed by atoms with E-state index in [4.69, 9.17) is 46.4 Å². The van der Waals surface area contributed by atoms with Crippen molar-refractivity contribution < 1.29 is 12.4 Å². The van der Waals surface area contributed by atoms with Gasteiger partial charge in [0.25, 0.3) is 0 Å². The number of rotatable bonds is 7. The molecule has 0 spiro atoms. The fraction of sp³-hybridized carbons (Fsp3) is 0.444. The molecule has 1 N–H and O–H groups in total. The van der Waals surface area contributed by atoms with Gasteiger partial charge in [-0.2, -0.15) is 0 Å². The lowest BCUT2D eigenvalue weighted by Gasteiger charge is -2.25. The zero-order valence-corrected chi connectivity index (χ0v) is 18.8. The second kappa shape index (κ2) is 9.71. The highest BCUT2D eigenvalue weighted by molar-refractivity contribution is 6.42. The average molecular weight is 470 g/mol. The minimum absolute atomic E-state index is 0. The molecule has 3 rings (SSSR count). The van der Waals surface area contributed by atoms with Crippen LogP contribution in [0.1, 0.15) is 32.0 Å². The van der Waals surface area contributed by atoms with Gasteiger partial charge in [0.1, 0.15) is 10.8 Å². The predicted octanol–water partition coefficient (Wildman–Crippen LogP) is 3.77. The number of nitrogens with one attached hydrogen (secondary N) is 1. The van der Waals surface area contributed by atoms with Crippen molar-refractivity contribution in [1.82, 2.24) is 9.97 Å². The molecule has 1 heterocycles. The topological polar surface area (TPSA) is 41.1 Å². The second-order valence-corrected chi connectivity index (χ2v) is 8.14. The molecular formula is C18H20Cl5N4-. The molecule has 148 valence electrons. The Hall–Kier alpha value is -0.650. The predicted molar refractivity (Wildman–Crippen MR) is 112 cm³/mol. The molecule has 1 aromatic heterocycles. The van der Waals surface area contributed by atoms with Crippen molar-refractivity contribution in [2.45, 2.75) is 33.1 Å². The zero-order chi connectivity index (χ0) is 18.8. The highest BCUT2D eigenvalue weighted by atomic mass is 35.5. The summed E-state index contributed by atoms with van der Waals surface area (Å²) >= 11 is 25.2. The van der Waals surface area contributed by atoms with Crippen LogP contribution in [-0.4, -0.2) is 23.1 Å². The van der Waals surface area contributed by atoms with E-state index in [-0.39, 0.29) is 12.4 Å². The Morgan fingerprint density at radius 3 is 2.30 bits per heavy atom. The Labute approximate surface area is 186 Å². The summed E-state index contributed by atoms with van der Waals surface area (Å²) in [6, 6.07) is 3.24. The van der Waals surface area contributed by atoms with Gasteiger partial charge in [0.15, 0.2) is 11.6 Å². The smallest absolute Gasteiger partial charge is 0.155 e. The summed E-state index contributed by atoms with van der Waals surface area (Å²) in [5, 5.41) is 4.89. The van der Waals surface area contributed by atoms with Gasteiger partial charge in [-0.05, 0) is 44.2 Å². The first kappa shape index (κ1) is 22.6. The molecule has 1 aromatic carbocycles. The summed E-state index contributed by atoms with van der Waals surface area (Å²) in [6.07, 6.45) is 3.55. The number of hydrogen-bond acceptors (Lipinski definition) is 4. The van der Waals surface area contributed by atoms with Gasteiger partial charge in [-0.3, -0.25) is 0 Å². The van der Waals surface area contributed by atoms with Gasteiger partial charge in [-0.1, -0.05) is 53.3 Å². The third-order valence-corrected chi connectivity index (χ3v) is 5.33. The van der Waals surface area contributed by atoms with E-state index >= 15 is 0 Å². The van der Waals surface area contributed by atoms with Gasteiger partial charge in [-0.25, -0.2) is 9.97 Å². The highest BCUT2D eigenvalue weighted by Crippen LogP contribution is 2.39. The summed E-state index contributed by atoms with van der Waals surface area (Å²) in [6.45, 7) is 5.85. The van der Waals surface area contributed by atoms with Crippen LogP contribution in [0.4, 0.5) is 17.3 Å². The van der Waals surface area contributed by atoms with E-state index in [0.717, 1.165) is 31.2 Å². The minimum atomic E-state index is 0. The maximum absolute atomic E-state index is 6.66. The van der Waals surface area contributed by atoms with Crippen molar-refractivity contribution in [3.63, 3.8) is 0 Å². The van der Waals surface area contributed by atoms with E-state index in [1.807, 2.05) is 6.92 Å². The average Bonchev–Trinajstić information content (AvgIpc) is 3.37. The molecule has 1 fully saturated rings. The summed E-state index contributed by atoms with van der Waals surface area (Å²) in [5.74, 6) is 2.59. The molecule has 1 saturated carbocycles. The molecule has 0 radical (unpaired) electrons. The number of benzene rings is 1. The quantitative estimate of drug-likeness (QED) is 0.670. The first-order valence-corrected chi connectivity index (χ1v) is 10.1. The lowest BCUT2D eigenvalue weighted by atomic mass is 10.3. The largest absolute Gasteiger partial charge is 1.00 e. The maximum atomic E-state index is 6.66. The molecule has 4 nitrogen and oxygen atoms in total. The molecule has 27 heavy (non-hydrogen) atoms. The molecule has 0 bridgehead atoms. The van der Waals surface area contributed by atoms with Crippen molar-refractivity contribution in [1.29, 1.82) is 0 Å². The fourth-order valence-corrected chi connectivity index (χ4v) is 3.94. The van der Waals surface area contributed by atoms with E-state index in [1.54, 1.807) is 12.1 Å². The lowest BCUT2D eigenvalue weighted by molar-refractivity contribution is -0.00000524. The number of anilines is 3. The Morgan fingerprint density at radius 1 is 1.11 bits per heavy atom. The van der Waals surface area contributed by atoms with E-state index in [9.17, 15) is 0 Å². The molecule has 1 aliphatic carbocycles. The van der Waals surface area contributed by atoms with Gasteiger partial charge in [0.2, 0.25) is 0 Å². The van der Waals surface area contributed by atoms with Gasteiger partial charge >= 0.3 is 0 Å². The number of aromatic nitrogens is 2. The lowest BCUT2D eigenvalue weighted by Crippen LogP contribution is -3.00. The van der Waals surface area contributed by atoms with E-state index in [0.29, 0.717) is 37.4 Å². The van der Waals surface area contributed by atoms with Crippen LogP contribution in [0.25, 0.3) is 0 Å². The number of halogens is 5. The summed E-state index contributed by atoms with van der Waals surface area (Å²) in [5.41, 5.74) is 0.521. The van der Waals surface area contributed by atoms with Gasteiger partial charge in [0, 0.05) is 18.1 Å². The number of hydrogen-bond donors (Lipinski definition) is 1. The van der Waals surface area contributed by atoms with Crippen LogP contribution >= 0.6 is 46.4 Å². The SMILES string of the molecule is CCCN(CC1CC1)c1nc(C)nc(Nc2c(Cl)cc(Cl)cc2Cl)c1Cl.[Cl-]. The molecule has 1 aliphatic rings. The standard InChI is InChI=1S/C18H20Cl4N4.ClH/c1-3-6-26(9-11-4-5-11)18-15(22)17(23-10(2)24-18)25-16-13(20)7-12(19)8-14(16)21;/h7-8,11H,3-6,9H2,1-2H3,(H,23,24,25);1H/p-1. The Bertz CT molecular complexity index is 788. The Kier molecular flexibility index (Phi) is 8.14.